The molecule has 2 aliphatic heterocycles. The Bertz CT molecular complexity index is 1560. The van der Waals surface area contributed by atoms with Crippen LogP contribution >= 0.6 is 34.5 Å². The van der Waals surface area contributed by atoms with Gasteiger partial charge in [-0.05, 0) is 66.4 Å². The number of aromatic nitrogens is 1. The minimum absolute atomic E-state index is 0.0560. The molecule has 3 aromatic rings. The van der Waals surface area contributed by atoms with E-state index in [1.807, 2.05) is 42.6 Å². The van der Waals surface area contributed by atoms with Gasteiger partial charge in [0.05, 0.1) is 32.1 Å². The minimum Gasteiger partial charge on any atom is -0.545 e. The molecule has 222 valence electrons. The molecule has 0 unspecified atom stereocenters. The molecular formula is C31H35Cl2N3O4SSi. The van der Waals surface area contributed by atoms with Gasteiger partial charge < -0.3 is 24.1 Å². The zero-order valence-corrected chi connectivity index (χ0v) is 27.8. The second kappa shape index (κ2) is 10.8. The number of benzene rings is 2. The highest BCUT2D eigenvalue weighted by atomic mass is 35.5. The van der Waals surface area contributed by atoms with Gasteiger partial charge in [0.2, 0.25) is 21.0 Å². The van der Waals surface area contributed by atoms with Gasteiger partial charge in [-0.3, -0.25) is 4.79 Å². The lowest BCUT2D eigenvalue weighted by molar-refractivity contribution is -0.118. The predicted molar refractivity (Wildman–Crippen MR) is 170 cm³/mol. The van der Waals surface area contributed by atoms with E-state index < -0.39 is 13.7 Å². The Kier molecular flexibility index (Phi) is 7.53. The molecule has 3 heterocycles. The Morgan fingerprint density at radius 1 is 1.12 bits per heavy atom. The molecule has 2 aromatic carbocycles. The van der Waals surface area contributed by atoms with E-state index in [2.05, 4.69) is 55.3 Å². The highest BCUT2D eigenvalue weighted by Crippen LogP contribution is 2.51. The number of halogens is 2. The van der Waals surface area contributed by atoms with E-state index in [1.54, 1.807) is 0 Å². The first kappa shape index (κ1) is 29.4. The van der Waals surface area contributed by atoms with Crippen molar-refractivity contribution in [2.75, 3.05) is 18.7 Å². The summed E-state index contributed by atoms with van der Waals surface area (Å²) in [4.78, 5) is 21.5. The summed E-state index contributed by atoms with van der Waals surface area (Å²) in [5, 5.41) is 4.78. The van der Waals surface area contributed by atoms with Gasteiger partial charge in [0, 0.05) is 25.4 Å². The first-order valence-corrected chi connectivity index (χ1v) is 18.6. The first-order valence-electron chi connectivity index (χ1n) is 14.1. The maximum atomic E-state index is 13.6. The van der Waals surface area contributed by atoms with Crippen LogP contribution in [0.4, 0.5) is 5.13 Å². The largest absolute Gasteiger partial charge is 0.545 e. The fraction of sp³-hybridized carbons (Fsp3) is 0.419. The number of thiazole rings is 1. The summed E-state index contributed by atoms with van der Waals surface area (Å²) < 4.78 is 17.6. The summed E-state index contributed by atoms with van der Waals surface area (Å²) in [5.74, 6) is 2.34. The van der Waals surface area contributed by atoms with E-state index in [4.69, 9.17) is 37.1 Å². The van der Waals surface area contributed by atoms with Crippen molar-refractivity contribution < 1.29 is 18.7 Å². The zero-order chi connectivity index (χ0) is 29.9. The third kappa shape index (κ3) is 5.52. The molecule has 0 radical (unpaired) electrons. The standard InChI is InChI=1S/C31H35Cl2N3O4SSi/c1-30(2,3)42(4,5)40-21-10-13-36(17-21)27(19-6-8-22(32)23(33)14-19)26-16-34-29(41-26)35-28(37)31(11-12-31)20-7-9-24-25(15-20)39-18-38-24/h6-9,14-17,27H,10-13,18H2,1-5H3,(H,34,35,37)/t27-/m1/s1. The molecule has 1 amide bonds. The SMILES string of the molecule is CC(C)(C)[Si](C)(C)OC1=CN([C@H](c2ccc(Cl)c(Cl)c2)c2cnc(NC(=O)C3(c4ccc5c(c4)OCO5)CC3)s2)CC1. The van der Waals surface area contributed by atoms with Gasteiger partial charge in [0.15, 0.2) is 16.6 Å². The quantitative estimate of drug-likeness (QED) is 0.248. The van der Waals surface area contributed by atoms with Gasteiger partial charge in [-0.2, -0.15) is 0 Å². The van der Waals surface area contributed by atoms with Gasteiger partial charge in [-0.1, -0.05) is 67.4 Å². The number of hydrogen-bond acceptors (Lipinski definition) is 7. The normalized spacial score (nSPS) is 18.1. The van der Waals surface area contributed by atoms with Crippen molar-refractivity contribution >= 4 is 53.9 Å². The number of carbonyl (C=O) groups is 1. The lowest BCUT2D eigenvalue weighted by Crippen LogP contribution is -2.40. The van der Waals surface area contributed by atoms with Gasteiger partial charge in [0.1, 0.15) is 0 Å². The summed E-state index contributed by atoms with van der Waals surface area (Å²) in [6.07, 6.45) is 6.35. The number of carbonyl (C=O) groups excluding carboxylic acids is 1. The second-order valence-corrected chi connectivity index (χ2v) is 19.3. The van der Waals surface area contributed by atoms with Crippen molar-refractivity contribution in [3.05, 3.63) is 80.6 Å². The first-order chi connectivity index (χ1) is 19.9. The third-order valence-corrected chi connectivity index (χ3v) is 14.9. The van der Waals surface area contributed by atoms with E-state index in [1.165, 1.54) is 11.3 Å². The van der Waals surface area contributed by atoms with Crippen LogP contribution in [0.25, 0.3) is 0 Å². The van der Waals surface area contributed by atoms with Crippen LogP contribution in [-0.2, 0) is 14.6 Å². The van der Waals surface area contributed by atoms with Gasteiger partial charge in [0.25, 0.3) is 0 Å². The van der Waals surface area contributed by atoms with E-state index >= 15 is 0 Å². The number of rotatable bonds is 8. The molecule has 1 atom stereocenters. The monoisotopic (exact) mass is 643 g/mol. The Hall–Kier alpha value is -2.72. The number of fused-ring (bicyclic) bond motifs is 1. The Balaban J connectivity index is 1.25. The molecule has 3 aliphatic rings. The molecule has 42 heavy (non-hydrogen) atoms. The molecule has 0 spiro atoms. The van der Waals surface area contributed by atoms with E-state index in [9.17, 15) is 4.79 Å². The highest BCUT2D eigenvalue weighted by molar-refractivity contribution is 7.15. The van der Waals surface area contributed by atoms with Gasteiger partial charge in [-0.25, -0.2) is 4.98 Å². The number of anilines is 1. The summed E-state index contributed by atoms with van der Waals surface area (Å²) in [5.41, 5.74) is 1.35. The fourth-order valence-corrected chi connectivity index (χ4v) is 7.55. The average Bonchev–Trinajstić information content (AvgIpc) is 3.22. The van der Waals surface area contributed by atoms with Crippen molar-refractivity contribution in [2.24, 2.45) is 0 Å². The molecule has 1 N–H and O–H groups in total. The van der Waals surface area contributed by atoms with E-state index in [-0.39, 0.29) is 23.8 Å². The third-order valence-electron chi connectivity index (χ3n) is 8.83. The van der Waals surface area contributed by atoms with Crippen LogP contribution in [-0.4, -0.2) is 37.4 Å². The lowest BCUT2D eigenvalue weighted by Gasteiger charge is -2.36. The highest BCUT2D eigenvalue weighted by Gasteiger charge is 2.52. The summed E-state index contributed by atoms with van der Waals surface area (Å²) in [6, 6.07) is 11.3. The predicted octanol–water partition coefficient (Wildman–Crippen LogP) is 8.51. The van der Waals surface area contributed by atoms with E-state index in [0.29, 0.717) is 26.7 Å². The topological polar surface area (TPSA) is 72.9 Å². The van der Waals surface area contributed by atoms with Crippen molar-refractivity contribution in [2.45, 2.75) is 69.6 Å². The van der Waals surface area contributed by atoms with Crippen LogP contribution in [0.5, 0.6) is 11.5 Å². The molecule has 0 bridgehead atoms. The lowest BCUT2D eigenvalue weighted by atomic mass is 9.94. The molecule has 0 saturated heterocycles. The van der Waals surface area contributed by atoms with Gasteiger partial charge in [-0.15, -0.1) is 0 Å². The summed E-state index contributed by atoms with van der Waals surface area (Å²) >= 11 is 14.2. The van der Waals surface area contributed by atoms with Crippen molar-refractivity contribution in [1.29, 1.82) is 0 Å². The smallest absolute Gasteiger partial charge is 0.250 e. The maximum absolute atomic E-state index is 13.6. The number of nitrogens with one attached hydrogen (secondary N) is 1. The fourth-order valence-electron chi connectivity index (χ4n) is 5.17. The molecule has 6 rings (SSSR count). The number of ether oxygens (including phenoxy) is 2. The van der Waals surface area contributed by atoms with Crippen molar-refractivity contribution in [3.63, 3.8) is 0 Å². The zero-order valence-electron chi connectivity index (χ0n) is 24.4. The molecule has 1 aliphatic carbocycles. The van der Waals surface area contributed by atoms with Crippen LogP contribution in [0, 0.1) is 0 Å². The minimum atomic E-state index is -1.98. The molecule has 1 fully saturated rings. The van der Waals surface area contributed by atoms with Crippen LogP contribution in [0.15, 0.2) is 54.6 Å². The van der Waals surface area contributed by atoms with Gasteiger partial charge >= 0.3 is 0 Å². The molecule has 1 saturated carbocycles. The van der Waals surface area contributed by atoms with E-state index in [0.717, 1.165) is 47.6 Å². The van der Waals surface area contributed by atoms with Crippen LogP contribution in [0.3, 0.4) is 0 Å². The molecule has 1 aromatic heterocycles. The van der Waals surface area contributed by atoms with Crippen molar-refractivity contribution in [1.82, 2.24) is 9.88 Å². The number of amides is 1. The Labute approximate surface area is 261 Å². The van der Waals surface area contributed by atoms with Crippen molar-refractivity contribution in [3.8, 4) is 11.5 Å². The summed E-state index contributed by atoms with van der Waals surface area (Å²) in [6.45, 7) is 12.3. The molecule has 11 heteroatoms. The van der Waals surface area contributed by atoms with Crippen LogP contribution in [0.1, 0.15) is 62.1 Å². The average molecular weight is 645 g/mol. The Morgan fingerprint density at radius 3 is 2.60 bits per heavy atom. The number of nitrogens with zero attached hydrogens (tertiary/aromatic N) is 2. The Morgan fingerprint density at radius 2 is 1.88 bits per heavy atom. The van der Waals surface area contributed by atoms with Crippen LogP contribution in [0.2, 0.25) is 28.2 Å². The second-order valence-electron chi connectivity index (χ2n) is 12.7. The van der Waals surface area contributed by atoms with Crippen LogP contribution < -0.4 is 14.8 Å². The maximum Gasteiger partial charge on any atom is 0.250 e. The molecule has 7 nitrogen and oxygen atoms in total. The summed E-state index contributed by atoms with van der Waals surface area (Å²) in [7, 11) is -1.98. The number of hydrogen-bond donors (Lipinski definition) is 1. The molecular weight excluding hydrogens is 609 g/mol.